The lowest BCUT2D eigenvalue weighted by Gasteiger charge is -2.33. The van der Waals surface area contributed by atoms with Crippen molar-refractivity contribution in [3.05, 3.63) is 107 Å². The van der Waals surface area contributed by atoms with Gasteiger partial charge in [0.15, 0.2) is 0 Å². The topological polar surface area (TPSA) is 0 Å². The van der Waals surface area contributed by atoms with Crippen molar-refractivity contribution in [1.82, 2.24) is 0 Å². The second-order valence-electron chi connectivity index (χ2n) is 13.7. The minimum atomic E-state index is 0.0463. The maximum atomic E-state index is 2.57. The molecule has 0 unspecified atom stereocenters. The summed E-state index contributed by atoms with van der Waals surface area (Å²) in [6.45, 7) is 18.9. The number of benzene rings is 4. The van der Waals surface area contributed by atoms with Crippen LogP contribution in [0, 0.1) is 0 Å². The molecule has 0 nitrogen and oxygen atoms in total. The highest BCUT2D eigenvalue weighted by Gasteiger charge is 2.42. The van der Waals surface area contributed by atoms with Gasteiger partial charge >= 0.3 is 0 Å². The Bertz CT molecular complexity index is 1410. The molecule has 214 valence electrons. The summed E-state index contributed by atoms with van der Waals surface area (Å²) < 4.78 is 0. The van der Waals surface area contributed by atoms with Crippen molar-refractivity contribution in [1.29, 1.82) is 0 Å². The van der Waals surface area contributed by atoms with E-state index in [1.165, 1.54) is 81.3 Å². The molecule has 0 radical (unpaired) electrons. The maximum Gasteiger partial charge on any atom is 0.0215 e. The molecule has 0 heterocycles. The lowest BCUT2D eigenvalue weighted by Crippen LogP contribution is -2.25. The molecule has 0 bridgehead atoms. The minimum absolute atomic E-state index is 0.0463. The fraction of sp³-hybridized carbons (Fsp3) is 0.415. The van der Waals surface area contributed by atoms with Crippen molar-refractivity contribution in [2.75, 3.05) is 0 Å². The summed E-state index contributed by atoms with van der Waals surface area (Å²) in [5.74, 6) is 0. The molecule has 4 aromatic rings. The standard InChI is InChI=1S/C41H50/c1-9-25-41(26-10-2)37-27-29(31-17-13-15-19-35(31)39(5,6)11-3)21-23-33(37)34-24-22-30(28-38(34)41)32-18-14-16-20-36(32)40(7,8)12-4/h13-24,27-28H,9-12,25-26H2,1-8H3. The van der Waals surface area contributed by atoms with Crippen molar-refractivity contribution in [2.24, 2.45) is 0 Å². The monoisotopic (exact) mass is 542 g/mol. The van der Waals surface area contributed by atoms with Crippen LogP contribution in [0.1, 0.15) is 116 Å². The molecule has 0 atom stereocenters. The first kappa shape index (κ1) is 29.4. The van der Waals surface area contributed by atoms with Crippen molar-refractivity contribution < 1.29 is 0 Å². The lowest BCUT2D eigenvalue weighted by atomic mass is 9.70. The molecule has 0 N–H and O–H groups in total. The van der Waals surface area contributed by atoms with E-state index in [0.717, 1.165) is 12.8 Å². The van der Waals surface area contributed by atoms with Gasteiger partial charge in [-0.05, 0) is 104 Å². The Hall–Kier alpha value is -3.12. The molecule has 1 aliphatic carbocycles. The lowest BCUT2D eigenvalue weighted by molar-refractivity contribution is 0.436. The SMILES string of the molecule is CCCC1(CCC)c2cc(-c3ccccc3C(C)(C)CC)ccc2-c2ccc(-c3ccccc3C(C)(C)CC)cc21. The van der Waals surface area contributed by atoms with Gasteiger partial charge in [-0.15, -0.1) is 0 Å². The highest BCUT2D eigenvalue weighted by molar-refractivity contribution is 5.87. The Morgan fingerprint density at radius 3 is 1.24 bits per heavy atom. The van der Waals surface area contributed by atoms with E-state index in [1.54, 1.807) is 0 Å². The van der Waals surface area contributed by atoms with E-state index in [-0.39, 0.29) is 16.2 Å². The molecule has 5 rings (SSSR count). The van der Waals surface area contributed by atoms with Crippen LogP contribution in [-0.2, 0) is 16.2 Å². The molecule has 0 fully saturated rings. The zero-order valence-electron chi connectivity index (χ0n) is 26.8. The summed E-state index contributed by atoms with van der Waals surface area (Å²) in [6.07, 6.45) is 6.94. The average Bonchev–Trinajstić information content (AvgIpc) is 3.25. The van der Waals surface area contributed by atoms with Crippen LogP contribution in [0.2, 0.25) is 0 Å². The predicted molar refractivity (Wildman–Crippen MR) is 180 cm³/mol. The zero-order valence-corrected chi connectivity index (χ0v) is 26.8. The first-order valence-electron chi connectivity index (χ1n) is 16.1. The van der Waals surface area contributed by atoms with E-state index < -0.39 is 0 Å². The predicted octanol–water partition coefficient (Wildman–Crippen LogP) is 12.3. The van der Waals surface area contributed by atoms with Crippen molar-refractivity contribution >= 4 is 0 Å². The van der Waals surface area contributed by atoms with E-state index >= 15 is 0 Å². The number of rotatable bonds is 10. The molecule has 0 aliphatic heterocycles. The molecule has 4 aromatic carbocycles. The highest BCUT2D eigenvalue weighted by Crippen LogP contribution is 2.56. The number of fused-ring (bicyclic) bond motifs is 3. The van der Waals surface area contributed by atoms with Crippen LogP contribution in [0.4, 0.5) is 0 Å². The maximum absolute atomic E-state index is 2.57. The molecule has 1 aliphatic rings. The second kappa shape index (κ2) is 11.3. The minimum Gasteiger partial charge on any atom is -0.0653 e. The van der Waals surface area contributed by atoms with Crippen LogP contribution in [-0.4, -0.2) is 0 Å². The summed E-state index contributed by atoms with van der Waals surface area (Å²) >= 11 is 0. The van der Waals surface area contributed by atoms with Crippen LogP contribution in [0.15, 0.2) is 84.9 Å². The summed E-state index contributed by atoms with van der Waals surface area (Å²) in [5.41, 5.74) is 14.7. The van der Waals surface area contributed by atoms with E-state index in [1.807, 2.05) is 0 Å². The van der Waals surface area contributed by atoms with Gasteiger partial charge in [-0.3, -0.25) is 0 Å². The van der Waals surface area contributed by atoms with Gasteiger partial charge < -0.3 is 0 Å². The van der Waals surface area contributed by atoms with E-state index in [4.69, 9.17) is 0 Å². The van der Waals surface area contributed by atoms with Crippen LogP contribution >= 0.6 is 0 Å². The molecule has 0 heteroatoms. The van der Waals surface area contributed by atoms with Crippen molar-refractivity contribution in [2.45, 2.75) is 110 Å². The third-order valence-corrected chi connectivity index (χ3v) is 10.4. The van der Waals surface area contributed by atoms with Gasteiger partial charge in [0.1, 0.15) is 0 Å². The molecule has 0 saturated carbocycles. The molecule has 0 amide bonds. The number of hydrogen-bond acceptors (Lipinski definition) is 0. The first-order chi connectivity index (χ1) is 19.6. The van der Waals surface area contributed by atoms with Gasteiger partial charge in [-0.1, -0.05) is 141 Å². The average molecular weight is 543 g/mol. The Balaban J connectivity index is 1.72. The van der Waals surface area contributed by atoms with Gasteiger partial charge in [-0.2, -0.15) is 0 Å². The number of hydrogen-bond donors (Lipinski definition) is 0. The van der Waals surface area contributed by atoms with Gasteiger partial charge in [0.25, 0.3) is 0 Å². The molecule has 0 saturated heterocycles. The van der Waals surface area contributed by atoms with Crippen LogP contribution in [0.25, 0.3) is 33.4 Å². The van der Waals surface area contributed by atoms with Crippen molar-refractivity contribution in [3.8, 4) is 33.4 Å². The smallest absolute Gasteiger partial charge is 0.0215 e. The van der Waals surface area contributed by atoms with Crippen LogP contribution in [0.3, 0.4) is 0 Å². The van der Waals surface area contributed by atoms with Crippen molar-refractivity contribution in [3.63, 3.8) is 0 Å². The molecule has 41 heavy (non-hydrogen) atoms. The molecule has 0 spiro atoms. The Morgan fingerprint density at radius 1 is 0.488 bits per heavy atom. The van der Waals surface area contributed by atoms with Gasteiger partial charge in [-0.25, -0.2) is 0 Å². The molecular weight excluding hydrogens is 492 g/mol. The summed E-state index contributed by atoms with van der Waals surface area (Å²) in [5, 5.41) is 0. The molecule has 0 aromatic heterocycles. The van der Waals surface area contributed by atoms with E-state index in [9.17, 15) is 0 Å². The largest absolute Gasteiger partial charge is 0.0653 e. The second-order valence-corrected chi connectivity index (χ2v) is 13.7. The fourth-order valence-electron chi connectivity index (χ4n) is 7.38. The van der Waals surface area contributed by atoms with E-state index in [2.05, 4.69) is 140 Å². The summed E-state index contributed by atoms with van der Waals surface area (Å²) in [4.78, 5) is 0. The van der Waals surface area contributed by atoms with Crippen LogP contribution < -0.4 is 0 Å². The summed E-state index contributed by atoms with van der Waals surface area (Å²) in [7, 11) is 0. The highest BCUT2D eigenvalue weighted by atomic mass is 14.5. The van der Waals surface area contributed by atoms with Gasteiger partial charge in [0.2, 0.25) is 0 Å². The Kier molecular flexibility index (Phi) is 8.08. The summed E-state index contributed by atoms with van der Waals surface area (Å²) in [6, 6.07) is 32.9. The van der Waals surface area contributed by atoms with Gasteiger partial charge in [0, 0.05) is 5.41 Å². The third kappa shape index (κ3) is 4.98. The van der Waals surface area contributed by atoms with Crippen LogP contribution in [0.5, 0.6) is 0 Å². The quantitative estimate of drug-likeness (QED) is 0.187. The normalized spacial score (nSPS) is 14.1. The zero-order chi connectivity index (χ0) is 29.4. The third-order valence-electron chi connectivity index (χ3n) is 10.4. The Morgan fingerprint density at radius 2 is 0.878 bits per heavy atom. The van der Waals surface area contributed by atoms with Gasteiger partial charge in [0.05, 0.1) is 0 Å². The van der Waals surface area contributed by atoms with E-state index in [0.29, 0.717) is 0 Å². The molecular formula is C41H50. The fourth-order valence-corrected chi connectivity index (χ4v) is 7.38. The first-order valence-corrected chi connectivity index (χ1v) is 16.1. The Labute approximate surface area is 250 Å².